The number of ketones is 1. The number of rotatable bonds is 5. The van der Waals surface area contributed by atoms with Crippen LogP contribution in [0, 0.1) is 5.41 Å². The first-order valence-corrected chi connectivity index (χ1v) is 10.5. The number of aryl methyl sites for hydroxylation is 1. The topological polar surface area (TPSA) is 26.3 Å². The number of ether oxygens (including phenoxy) is 1. The van der Waals surface area contributed by atoms with Crippen molar-refractivity contribution in [2.45, 2.75) is 70.5 Å². The standard InChI is InChI=1S/C25H30O2/c1-2-19-8-10-21(11-9-19)23-14-17-25(24(23)26)15-12-22(13-16-25)27-18-20-6-4-3-5-7-20/h3-11,22-23H,2,12-18H2,1H3. The molecule has 2 fully saturated rings. The Hall–Kier alpha value is -1.93. The molecule has 2 nitrogen and oxygen atoms in total. The summed E-state index contributed by atoms with van der Waals surface area (Å²) in [7, 11) is 0. The molecule has 0 bridgehead atoms. The van der Waals surface area contributed by atoms with Crippen molar-refractivity contribution in [2.24, 2.45) is 5.41 Å². The summed E-state index contributed by atoms with van der Waals surface area (Å²) in [6.07, 6.45) is 7.43. The summed E-state index contributed by atoms with van der Waals surface area (Å²) in [5.41, 5.74) is 3.71. The second kappa shape index (κ2) is 7.98. The van der Waals surface area contributed by atoms with E-state index in [1.165, 1.54) is 16.7 Å². The van der Waals surface area contributed by atoms with Gasteiger partial charge in [-0.1, -0.05) is 61.5 Å². The fraction of sp³-hybridized carbons (Fsp3) is 0.480. The summed E-state index contributed by atoms with van der Waals surface area (Å²) in [5, 5.41) is 0. The normalized spacial score (nSPS) is 28.0. The van der Waals surface area contributed by atoms with Gasteiger partial charge in [-0.15, -0.1) is 0 Å². The minimum absolute atomic E-state index is 0.0826. The molecule has 2 aliphatic carbocycles. The zero-order valence-corrected chi connectivity index (χ0v) is 16.3. The average Bonchev–Trinajstić information content (AvgIpc) is 3.04. The highest BCUT2D eigenvalue weighted by Crippen LogP contribution is 2.52. The fourth-order valence-corrected chi connectivity index (χ4v) is 4.94. The molecule has 1 spiro atoms. The minimum atomic E-state index is -0.0826. The SMILES string of the molecule is CCc1ccc(C2CCC3(CCC(OCc4ccccc4)CC3)C2=O)cc1. The molecule has 142 valence electrons. The van der Waals surface area contributed by atoms with E-state index in [1.54, 1.807) is 0 Å². The van der Waals surface area contributed by atoms with Crippen molar-refractivity contribution in [3.8, 4) is 0 Å². The van der Waals surface area contributed by atoms with Crippen LogP contribution >= 0.6 is 0 Å². The van der Waals surface area contributed by atoms with Crippen LogP contribution in [-0.4, -0.2) is 11.9 Å². The number of Topliss-reactive ketones (excluding diaryl/α,β-unsaturated/α-hetero) is 1. The number of hydrogen-bond acceptors (Lipinski definition) is 2. The Balaban J connectivity index is 1.34. The molecule has 2 heteroatoms. The van der Waals surface area contributed by atoms with E-state index in [0.717, 1.165) is 44.9 Å². The van der Waals surface area contributed by atoms with Gasteiger partial charge in [-0.2, -0.15) is 0 Å². The van der Waals surface area contributed by atoms with Gasteiger partial charge in [0.1, 0.15) is 5.78 Å². The first-order valence-electron chi connectivity index (χ1n) is 10.5. The van der Waals surface area contributed by atoms with E-state index in [1.807, 2.05) is 6.07 Å². The predicted octanol–water partition coefficient (Wildman–Crippen LogP) is 5.84. The van der Waals surface area contributed by atoms with Crippen molar-refractivity contribution >= 4 is 5.78 Å². The number of benzene rings is 2. The van der Waals surface area contributed by atoms with Crippen LogP contribution in [0.25, 0.3) is 0 Å². The molecule has 0 saturated heterocycles. The van der Waals surface area contributed by atoms with Gasteiger partial charge in [0.2, 0.25) is 0 Å². The first kappa shape index (κ1) is 18.4. The van der Waals surface area contributed by atoms with Crippen LogP contribution in [0.3, 0.4) is 0 Å². The molecule has 0 aromatic heterocycles. The lowest BCUT2D eigenvalue weighted by atomic mass is 9.70. The summed E-state index contributed by atoms with van der Waals surface area (Å²) in [4.78, 5) is 13.3. The number of carbonyl (C=O) groups is 1. The molecular weight excluding hydrogens is 332 g/mol. The van der Waals surface area contributed by atoms with Gasteiger partial charge in [-0.3, -0.25) is 4.79 Å². The largest absolute Gasteiger partial charge is 0.374 e. The molecule has 27 heavy (non-hydrogen) atoms. The van der Waals surface area contributed by atoms with Crippen LogP contribution in [0.5, 0.6) is 0 Å². The molecule has 2 aliphatic rings. The van der Waals surface area contributed by atoms with Crippen molar-refractivity contribution in [3.63, 3.8) is 0 Å². The lowest BCUT2D eigenvalue weighted by Gasteiger charge is -2.36. The summed E-state index contributed by atoms with van der Waals surface area (Å²) >= 11 is 0. The monoisotopic (exact) mass is 362 g/mol. The maximum Gasteiger partial charge on any atom is 0.146 e. The van der Waals surface area contributed by atoms with Crippen LogP contribution < -0.4 is 0 Å². The average molecular weight is 363 g/mol. The van der Waals surface area contributed by atoms with Crippen LogP contribution in [-0.2, 0) is 22.6 Å². The zero-order valence-electron chi connectivity index (χ0n) is 16.3. The molecule has 2 aromatic rings. The van der Waals surface area contributed by atoms with Gasteiger partial charge in [-0.05, 0) is 61.6 Å². The van der Waals surface area contributed by atoms with E-state index in [-0.39, 0.29) is 11.3 Å². The third kappa shape index (κ3) is 3.87. The Morgan fingerprint density at radius 2 is 1.56 bits per heavy atom. The van der Waals surface area contributed by atoms with Gasteiger partial charge in [0.25, 0.3) is 0 Å². The highest BCUT2D eigenvalue weighted by atomic mass is 16.5. The van der Waals surface area contributed by atoms with Gasteiger partial charge in [0, 0.05) is 11.3 Å². The van der Waals surface area contributed by atoms with E-state index in [9.17, 15) is 4.79 Å². The van der Waals surface area contributed by atoms with Crippen LogP contribution in [0.15, 0.2) is 54.6 Å². The summed E-state index contributed by atoms with van der Waals surface area (Å²) in [5.74, 6) is 0.603. The second-order valence-corrected chi connectivity index (χ2v) is 8.33. The maximum absolute atomic E-state index is 13.3. The quantitative estimate of drug-likeness (QED) is 0.668. The second-order valence-electron chi connectivity index (χ2n) is 8.33. The van der Waals surface area contributed by atoms with Gasteiger partial charge in [0.15, 0.2) is 0 Å². The number of carbonyl (C=O) groups excluding carboxylic acids is 1. The lowest BCUT2D eigenvalue weighted by Crippen LogP contribution is -2.35. The Labute approximate surface area is 162 Å². The van der Waals surface area contributed by atoms with Gasteiger partial charge >= 0.3 is 0 Å². The summed E-state index contributed by atoms with van der Waals surface area (Å²) in [6.45, 7) is 2.85. The van der Waals surface area contributed by atoms with Crippen molar-refractivity contribution in [1.29, 1.82) is 0 Å². The molecule has 0 amide bonds. The van der Waals surface area contributed by atoms with Crippen LogP contribution in [0.4, 0.5) is 0 Å². The Kier molecular flexibility index (Phi) is 5.45. The molecule has 4 rings (SSSR count). The molecule has 1 atom stereocenters. The Bertz CT molecular complexity index is 755. The maximum atomic E-state index is 13.3. The first-order chi connectivity index (χ1) is 13.2. The molecule has 2 aromatic carbocycles. The van der Waals surface area contributed by atoms with Crippen LogP contribution in [0.1, 0.15) is 68.1 Å². The van der Waals surface area contributed by atoms with Crippen molar-refractivity contribution < 1.29 is 9.53 Å². The lowest BCUT2D eigenvalue weighted by molar-refractivity contribution is -0.130. The third-order valence-electron chi connectivity index (χ3n) is 6.76. The zero-order chi connectivity index (χ0) is 18.7. The van der Waals surface area contributed by atoms with Gasteiger partial charge in [0.05, 0.1) is 12.7 Å². The molecule has 1 unspecified atom stereocenters. The van der Waals surface area contributed by atoms with E-state index in [2.05, 4.69) is 55.5 Å². The van der Waals surface area contributed by atoms with Gasteiger partial charge in [-0.25, -0.2) is 0 Å². The van der Waals surface area contributed by atoms with Crippen molar-refractivity contribution in [3.05, 3.63) is 71.3 Å². The molecule has 0 heterocycles. The van der Waals surface area contributed by atoms with E-state index in [4.69, 9.17) is 4.74 Å². The highest BCUT2D eigenvalue weighted by Gasteiger charge is 2.49. The summed E-state index contributed by atoms with van der Waals surface area (Å²) < 4.78 is 6.13. The summed E-state index contributed by atoms with van der Waals surface area (Å²) in [6, 6.07) is 19.1. The predicted molar refractivity (Wildman–Crippen MR) is 109 cm³/mol. The number of hydrogen-bond donors (Lipinski definition) is 0. The Morgan fingerprint density at radius 3 is 2.22 bits per heavy atom. The molecule has 0 radical (unpaired) electrons. The minimum Gasteiger partial charge on any atom is -0.374 e. The van der Waals surface area contributed by atoms with E-state index in [0.29, 0.717) is 18.5 Å². The van der Waals surface area contributed by atoms with Crippen molar-refractivity contribution in [1.82, 2.24) is 0 Å². The molecule has 0 N–H and O–H groups in total. The van der Waals surface area contributed by atoms with E-state index < -0.39 is 0 Å². The molecule has 2 saturated carbocycles. The van der Waals surface area contributed by atoms with Crippen LogP contribution in [0.2, 0.25) is 0 Å². The molecule has 0 aliphatic heterocycles. The highest BCUT2D eigenvalue weighted by molar-refractivity contribution is 5.93. The fourth-order valence-electron chi connectivity index (χ4n) is 4.94. The van der Waals surface area contributed by atoms with Crippen molar-refractivity contribution in [2.75, 3.05) is 0 Å². The van der Waals surface area contributed by atoms with Gasteiger partial charge < -0.3 is 4.74 Å². The molecular formula is C25H30O2. The van der Waals surface area contributed by atoms with E-state index >= 15 is 0 Å². The smallest absolute Gasteiger partial charge is 0.146 e. The Morgan fingerprint density at radius 1 is 0.889 bits per heavy atom. The third-order valence-corrected chi connectivity index (χ3v) is 6.76.